The molecule has 0 amide bonds. The van der Waals surface area contributed by atoms with Crippen molar-refractivity contribution in [1.82, 2.24) is 9.97 Å². The van der Waals surface area contributed by atoms with E-state index < -0.39 is 0 Å². The summed E-state index contributed by atoms with van der Waals surface area (Å²) in [6, 6.07) is 1.73. The number of rotatable bonds is 2. The first-order valence-corrected chi connectivity index (χ1v) is 7.85. The maximum Gasteiger partial charge on any atom is 0.228 e. The van der Waals surface area contributed by atoms with Gasteiger partial charge in [-0.1, -0.05) is 0 Å². The number of thioether (sulfide) groups is 1. The van der Waals surface area contributed by atoms with E-state index in [1.807, 2.05) is 11.8 Å². The number of hydrogen-bond acceptors (Lipinski definition) is 5. The average molecular weight is 317 g/mol. The van der Waals surface area contributed by atoms with Gasteiger partial charge in [0.25, 0.3) is 0 Å². The molecule has 1 fully saturated rings. The van der Waals surface area contributed by atoms with Crippen molar-refractivity contribution in [1.29, 1.82) is 0 Å². The predicted octanol–water partition coefficient (Wildman–Crippen LogP) is 2.54. The number of hydrogen-bond donors (Lipinski definition) is 1. The first-order chi connectivity index (χ1) is 8.19. The van der Waals surface area contributed by atoms with Crippen LogP contribution in [0, 0.1) is 0 Å². The Kier molecular flexibility index (Phi) is 4.50. The van der Waals surface area contributed by atoms with Gasteiger partial charge in [0.15, 0.2) is 0 Å². The van der Waals surface area contributed by atoms with Gasteiger partial charge in [0.2, 0.25) is 5.95 Å². The fourth-order valence-corrected chi connectivity index (χ4v) is 3.20. The standard InChI is InChI=1S/C11H17BrN4S/c1-17-8-3-2-5-16(6-4-8)11-14-9(12)7-10(13)15-11/h7-8H,2-6H2,1H3,(H2,13,14,15). The van der Waals surface area contributed by atoms with Crippen LogP contribution in [0.5, 0.6) is 0 Å². The Morgan fingerprint density at radius 3 is 2.94 bits per heavy atom. The first kappa shape index (κ1) is 13.0. The monoisotopic (exact) mass is 316 g/mol. The van der Waals surface area contributed by atoms with Gasteiger partial charge in [-0.3, -0.25) is 0 Å². The maximum atomic E-state index is 5.75. The molecular formula is C11H17BrN4S. The molecule has 1 aromatic rings. The van der Waals surface area contributed by atoms with Crippen molar-refractivity contribution in [3.63, 3.8) is 0 Å². The summed E-state index contributed by atoms with van der Waals surface area (Å²) >= 11 is 5.32. The van der Waals surface area contributed by atoms with Crippen LogP contribution in [-0.4, -0.2) is 34.6 Å². The Hall–Kier alpha value is -0.490. The van der Waals surface area contributed by atoms with Gasteiger partial charge in [0, 0.05) is 24.4 Å². The lowest BCUT2D eigenvalue weighted by atomic mass is 10.2. The summed E-state index contributed by atoms with van der Waals surface area (Å²) in [4.78, 5) is 10.9. The third-order valence-electron chi connectivity index (χ3n) is 2.99. The summed E-state index contributed by atoms with van der Waals surface area (Å²) < 4.78 is 0.755. The van der Waals surface area contributed by atoms with E-state index in [4.69, 9.17) is 5.73 Å². The zero-order chi connectivity index (χ0) is 12.3. The minimum absolute atomic E-state index is 0.521. The second-order valence-electron chi connectivity index (χ2n) is 4.19. The van der Waals surface area contributed by atoms with Gasteiger partial charge < -0.3 is 10.6 Å². The van der Waals surface area contributed by atoms with E-state index in [0.29, 0.717) is 5.82 Å². The van der Waals surface area contributed by atoms with Crippen molar-refractivity contribution >= 4 is 39.5 Å². The maximum absolute atomic E-state index is 5.75. The average Bonchev–Trinajstić information content (AvgIpc) is 2.52. The molecule has 4 nitrogen and oxygen atoms in total. The fraction of sp³-hybridized carbons (Fsp3) is 0.636. The molecule has 17 heavy (non-hydrogen) atoms. The van der Waals surface area contributed by atoms with Crippen LogP contribution < -0.4 is 10.6 Å². The van der Waals surface area contributed by atoms with E-state index >= 15 is 0 Å². The first-order valence-electron chi connectivity index (χ1n) is 5.77. The Morgan fingerprint density at radius 1 is 1.41 bits per heavy atom. The molecule has 6 heteroatoms. The van der Waals surface area contributed by atoms with E-state index in [0.717, 1.165) is 28.9 Å². The van der Waals surface area contributed by atoms with Crippen molar-refractivity contribution in [2.45, 2.75) is 24.5 Å². The fourth-order valence-electron chi connectivity index (χ4n) is 2.07. The predicted molar refractivity (Wildman–Crippen MR) is 77.5 cm³/mol. The molecule has 0 saturated carbocycles. The second kappa shape index (κ2) is 5.91. The van der Waals surface area contributed by atoms with Crippen LogP contribution in [0.15, 0.2) is 10.7 Å². The lowest BCUT2D eigenvalue weighted by Gasteiger charge is -2.20. The molecule has 0 spiro atoms. The van der Waals surface area contributed by atoms with Gasteiger partial charge in [-0.2, -0.15) is 16.7 Å². The highest BCUT2D eigenvalue weighted by Gasteiger charge is 2.18. The van der Waals surface area contributed by atoms with Gasteiger partial charge >= 0.3 is 0 Å². The van der Waals surface area contributed by atoms with E-state index in [1.54, 1.807) is 6.07 Å². The van der Waals surface area contributed by atoms with Crippen LogP contribution in [0.2, 0.25) is 0 Å². The molecule has 1 saturated heterocycles. The van der Waals surface area contributed by atoms with Gasteiger partial charge in [-0.05, 0) is 41.4 Å². The molecule has 2 heterocycles. The highest BCUT2D eigenvalue weighted by atomic mass is 79.9. The normalized spacial score (nSPS) is 21.3. The lowest BCUT2D eigenvalue weighted by molar-refractivity contribution is 0.744. The molecule has 1 atom stereocenters. The molecule has 2 N–H and O–H groups in total. The molecule has 1 aliphatic rings. The summed E-state index contributed by atoms with van der Waals surface area (Å²) in [5, 5.41) is 0.768. The van der Waals surface area contributed by atoms with Crippen LogP contribution in [0.1, 0.15) is 19.3 Å². The molecule has 94 valence electrons. The summed E-state index contributed by atoms with van der Waals surface area (Å²) in [6.07, 6.45) is 5.85. The minimum Gasteiger partial charge on any atom is -0.383 e. The molecule has 1 unspecified atom stereocenters. The third-order valence-corrected chi connectivity index (χ3v) is 4.54. The molecule has 0 bridgehead atoms. The molecule has 0 aromatic carbocycles. The number of anilines is 2. The van der Waals surface area contributed by atoms with E-state index in [2.05, 4.69) is 37.1 Å². The zero-order valence-corrected chi connectivity index (χ0v) is 12.3. The quantitative estimate of drug-likeness (QED) is 0.850. The molecule has 0 radical (unpaired) electrons. The van der Waals surface area contributed by atoms with Crippen molar-refractivity contribution in [2.75, 3.05) is 30.0 Å². The zero-order valence-electron chi connectivity index (χ0n) is 9.90. The molecule has 0 aliphatic carbocycles. The third kappa shape index (κ3) is 3.48. The Morgan fingerprint density at radius 2 is 2.24 bits per heavy atom. The Bertz CT molecular complexity index is 367. The van der Waals surface area contributed by atoms with Crippen LogP contribution in [0.4, 0.5) is 11.8 Å². The molecule has 1 aliphatic heterocycles. The number of aromatic nitrogens is 2. The molecular weight excluding hydrogens is 300 g/mol. The smallest absolute Gasteiger partial charge is 0.228 e. The number of nitrogens with two attached hydrogens (primary N) is 1. The summed E-state index contributed by atoms with van der Waals surface area (Å²) in [5.74, 6) is 1.27. The Labute approximate surface area is 115 Å². The van der Waals surface area contributed by atoms with Crippen LogP contribution >= 0.6 is 27.7 Å². The van der Waals surface area contributed by atoms with Gasteiger partial charge in [0.1, 0.15) is 10.4 Å². The number of halogens is 1. The largest absolute Gasteiger partial charge is 0.383 e. The summed E-state index contributed by atoms with van der Waals surface area (Å²) in [5.41, 5.74) is 5.75. The summed E-state index contributed by atoms with van der Waals surface area (Å²) in [7, 11) is 0. The van der Waals surface area contributed by atoms with Gasteiger partial charge in [-0.25, -0.2) is 4.98 Å². The highest BCUT2D eigenvalue weighted by molar-refractivity contribution is 9.10. The molecule has 1 aromatic heterocycles. The van der Waals surface area contributed by atoms with Crippen molar-refractivity contribution in [2.24, 2.45) is 0 Å². The molecule has 2 rings (SSSR count). The summed E-state index contributed by atoms with van der Waals surface area (Å²) in [6.45, 7) is 2.04. The highest BCUT2D eigenvalue weighted by Crippen LogP contribution is 2.24. The van der Waals surface area contributed by atoms with Crippen LogP contribution in [0.3, 0.4) is 0 Å². The van der Waals surface area contributed by atoms with Crippen LogP contribution in [-0.2, 0) is 0 Å². The topological polar surface area (TPSA) is 55.0 Å². The van der Waals surface area contributed by atoms with Crippen molar-refractivity contribution in [3.05, 3.63) is 10.7 Å². The van der Waals surface area contributed by atoms with E-state index in [9.17, 15) is 0 Å². The number of nitrogen functional groups attached to an aromatic ring is 1. The SMILES string of the molecule is CSC1CCCN(c2nc(N)cc(Br)n2)CC1. The van der Waals surface area contributed by atoms with Gasteiger partial charge in [-0.15, -0.1) is 0 Å². The van der Waals surface area contributed by atoms with Crippen molar-refractivity contribution in [3.8, 4) is 0 Å². The van der Waals surface area contributed by atoms with E-state index in [1.165, 1.54) is 19.3 Å². The van der Waals surface area contributed by atoms with Crippen LogP contribution in [0.25, 0.3) is 0 Å². The lowest BCUT2D eigenvalue weighted by Crippen LogP contribution is -2.26. The van der Waals surface area contributed by atoms with E-state index in [-0.39, 0.29) is 0 Å². The number of nitrogens with zero attached hydrogens (tertiary/aromatic N) is 3. The Balaban J connectivity index is 2.11. The van der Waals surface area contributed by atoms with Crippen molar-refractivity contribution < 1.29 is 0 Å². The second-order valence-corrected chi connectivity index (χ2v) is 6.14. The van der Waals surface area contributed by atoms with Gasteiger partial charge in [0.05, 0.1) is 0 Å². The minimum atomic E-state index is 0.521.